The number of alkyl halides is 3. The molecule has 1 fully saturated rings. The Morgan fingerprint density at radius 1 is 1.19 bits per heavy atom. The molecular weight excluding hydrogens is 345 g/mol. The normalized spacial score (nSPS) is 16.6. The van der Waals surface area contributed by atoms with Gasteiger partial charge in [-0.2, -0.15) is 13.2 Å². The van der Waals surface area contributed by atoms with Crippen molar-refractivity contribution in [1.29, 1.82) is 0 Å². The first-order valence-corrected chi connectivity index (χ1v) is 8.62. The molecule has 0 saturated carbocycles. The number of hydrogen-bond acceptors (Lipinski definition) is 3. The second-order valence-corrected chi connectivity index (χ2v) is 7.24. The summed E-state index contributed by atoms with van der Waals surface area (Å²) in [5, 5.41) is 6.09. The molecule has 1 aromatic carbocycles. The Labute approximate surface area is 152 Å². The van der Waals surface area contributed by atoms with Crippen molar-refractivity contribution in [2.24, 2.45) is 4.99 Å². The fourth-order valence-corrected chi connectivity index (χ4v) is 2.71. The fourth-order valence-electron chi connectivity index (χ4n) is 2.71. The summed E-state index contributed by atoms with van der Waals surface area (Å²) >= 11 is 0. The SMILES string of the molecule is CN=C(NCc1ccc(N2CCOCC2)cc1C(F)(F)F)NC(C)(C)C. The van der Waals surface area contributed by atoms with E-state index in [4.69, 9.17) is 4.74 Å². The molecule has 1 heterocycles. The van der Waals surface area contributed by atoms with E-state index in [0.717, 1.165) is 0 Å². The van der Waals surface area contributed by atoms with E-state index in [9.17, 15) is 13.2 Å². The van der Waals surface area contributed by atoms with Crippen molar-refractivity contribution in [2.75, 3.05) is 38.3 Å². The van der Waals surface area contributed by atoms with Crippen LogP contribution in [0.4, 0.5) is 18.9 Å². The van der Waals surface area contributed by atoms with Gasteiger partial charge in [0.2, 0.25) is 0 Å². The van der Waals surface area contributed by atoms with Crippen LogP contribution in [0.3, 0.4) is 0 Å². The highest BCUT2D eigenvalue weighted by Gasteiger charge is 2.34. The molecule has 1 aromatic rings. The smallest absolute Gasteiger partial charge is 0.378 e. The highest BCUT2D eigenvalue weighted by atomic mass is 19.4. The van der Waals surface area contributed by atoms with Crippen molar-refractivity contribution in [2.45, 2.75) is 39.0 Å². The molecule has 1 saturated heterocycles. The maximum Gasteiger partial charge on any atom is 0.416 e. The molecule has 2 N–H and O–H groups in total. The molecule has 0 spiro atoms. The summed E-state index contributed by atoms with van der Waals surface area (Å²) in [4.78, 5) is 5.98. The monoisotopic (exact) mass is 372 g/mol. The van der Waals surface area contributed by atoms with E-state index in [0.29, 0.717) is 38.0 Å². The summed E-state index contributed by atoms with van der Waals surface area (Å²) in [6.45, 7) is 8.15. The number of nitrogens with one attached hydrogen (secondary N) is 2. The lowest BCUT2D eigenvalue weighted by molar-refractivity contribution is -0.138. The first kappa shape index (κ1) is 20.4. The Morgan fingerprint density at radius 3 is 2.38 bits per heavy atom. The Balaban J connectivity index is 2.19. The number of halogens is 3. The van der Waals surface area contributed by atoms with Crippen LogP contribution in [0.5, 0.6) is 0 Å². The number of rotatable bonds is 3. The van der Waals surface area contributed by atoms with Crippen molar-refractivity contribution < 1.29 is 17.9 Å². The summed E-state index contributed by atoms with van der Waals surface area (Å²) in [5.74, 6) is 0.461. The molecule has 8 heteroatoms. The maximum atomic E-state index is 13.6. The van der Waals surface area contributed by atoms with Gasteiger partial charge in [0.25, 0.3) is 0 Å². The van der Waals surface area contributed by atoms with Crippen LogP contribution in [0.25, 0.3) is 0 Å². The number of ether oxygens (including phenoxy) is 1. The van der Waals surface area contributed by atoms with Crippen molar-refractivity contribution >= 4 is 11.6 Å². The van der Waals surface area contributed by atoms with Crippen molar-refractivity contribution in [3.05, 3.63) is 29.3 Å². The van der Waals surface area contributed by atoms with Crippen LogP contribution >= 0.6 is 0 Å². The van der Waals surface area contributed by atoms with Crippen LogP contribution in [0.1, 0.15) is 31.9 Å². The molecule has 0 amide bonds. The highest BCUT2D eigenvalue weighted by Crippen LogP contribution is 2.35. The molecule has 0 unspecified atom stereocenters. The number of hydrogen-bond donors (Lipinski definition) is 2. The molecule has 2 rings (SSSR count). The molecule has 0 atom stereocenters. The number of nitrogens with zero attached hydrogens (tertiary/aromatic N) is 2. The molecule has 26 heavy (non-hydrogen) atoms. The molecule has 0 bridgehead atoms. The topological polar surface area (TPSA) is 48.9 Å². The van der Waals surface area contributed by atoms with E-state index in [1.165, 1.54) is 12.1 Å². The van der Waals surface area contributed by atoms with Gasteiger partial charge in [-0.05, 0) is 38.5 Å². The summed E-state index contributed by atoms with van der Waals surface area (Å²) in [6.07, 6.45) is -4.42. The zero-order chi connectivity index (χ0) is 19.4. The predicted octanol–water partition coefficient (Wildman–Crippen LogP) is 3.01. The van der Waals surface area contributed by atoms with Gasteiger partial charge < -0.3 is 20.3 Å². The summed E-state index contributed by atoms with van der Waals surface area (Å²) < 4.78 is 45.9. The molecule has 146 valence electrons. The molecule has 0 radical (unpaired) electrons. The zero-order valence-electron chi connectivity index (χ0n) is 15.7. The van der Waals surface area contributed by atoms with Gasteiger partial charge >= 0.3 is 6.18 Å². The molecule has 0 aliphatic carbocycles. The van der Waals surface area contributed by atoms with Gasteiger partial charge in [0.05, 0.1) is 18.8 Å². The van der Waals surface area contributed by atoms with Crippen LogP contribution in [-0.2, 0) is 17.5 Å². The zero-order valence-corrected chi connectivity index (χ0v) is 15.7. The summed E-state index contributed by atoms with van der Waals surface area (Å²) in [6, 6.07) is 4.49. The number of benzene rings is 1. The van der Waals surface area contributed by atoms with Crippen molar-refractivity contribution in [3.63, 3.8) is 0 Å². The third kappa shape index (κ3) is 5.79. The second-order valence-electron chi connectivity index (χ2n) is 7.24. The van der Waals surface area contributed by atoms with Crippen molar-refractivity contribution in [3.8, 4) is 0 Å². The van der Waals surface area contributed by atoms with Crippen LogP contribution < -0.4 is 15.5 Å². The van der Waals surface area contributed by atoms with E-state index in [1.54, 1.807) is 13.1 Å². The van der Waals surface area contributed by atoms with E-state index >= 15 is 0 Å². The minimum atomic E-state index is -4.42. The Kier molecular flexibility index (Phi) is 6.39. The Bertz CT molecular complexity index is 632. The largest absolute Gasteiger partial charge is 0.416 e. The van der Waals surface area contributed by atoms with E-state index in [2.05, 4.69) is 15.6 Å². The molecule has 0 aromatic heterocycles. The van der Waals surface area contributed by atoms with Crippen LogP contribution in [0.15, 0.2) is 23.2 Å². The lowest BCUT2D eigenvalue weighted by Crippen LogP contribution is -2.47. The molecule has 1 aliphatic heterocycles. The van der Waals surface area contributed by atoms with Crippen LogP contribution in [0, 0.1) is 0 Å². The third-order valence-electron chi connectivity index (χ3n) is 3.94. The maximum absolute atomic E-state index is 13.6. The first-order chi connectivity index (χ1) is 12.1. The van der Waals surface area contributed by atoms with Gasteiger partial charge in [0, 0.05) is 37.9 Å². The predicted molar refractivity (Wildman–Crippen MR) is 97.6 cm³/mol. The van der Waals surface area contributed by atoms with Crippen molar-refractivity contribution in [1.82, 2.24) is 10.6 Å². The molecular formula is C18H27F3N4O. The lowest BCUT2D eigenvalue weighted by atomic mass is 10.0. The quantitative estimate of drug-likeness (QED) is 0.633. The second kappa shape index (κ2) is 8.16. The average Bonchev–Trinajstić information content (AvgIpc) is 2.57. The van der Waals surface area contributed by atoms with Crippen LogP contribution in [-0.4, -0.2) is 44.8 Å². The van der Waals surface area contributed by atoms with Gasteiger partial charge in [-0.3, -0.25) is 4.99 Å². The van der Waals surface area contributed by atoms with Gasteiger partial charge in [0.15, 0.2) is 5.96 Å². The molecule has 1 aliphatic rings. The number of guanidine groups is 1. The number of morpholine rings is 1. The minimum Gasteiger partial charge on any atom is -0.378 e. The van der Waals surface area contributed by atoms with Gasteiger partial charge in [0.1, 0.15) is 0 Å². The summed E-state index contributed by atoms with van der Waals surface area (Å²) in [7, 11) is 1.59. The fraction of sp³-hybridized carbons (Fsp3) is 0.611. The Hall–Kier alpha value is -1.96. The van der Waals surface area contributed by atoms with Gasteiger partial charge in [-0.1, -0.05) is 6.07 Å². The van der Waals surface area contributed by atoms with E-state index in [-0.39, 0.29) is 17.6 Å². The molecule has 5 nitrogen and oxygen atoms in total. The summed E-state index contributed by atoms with van der Waals surface area (Å²) in [5.41, 5.74) is -0.109. The standard InChI is InChI=1S/C18H27F3N4O/c1-17(2,3)24-16(22-4)23-12-13-5-6-14(11-15(13)18(19,20)21)25-7-9-26-10-8-25/h5-6,11H,7-10,12H2,1-4H3,(H2,22,23,24). The lowest BCUT2D eigenvalue weighted by Gasteiger charge is -2.30. The average molecular weight is 372 g/mol. The van der Waals surface area contributed by atoms with Gasteiger partial charge in [-0.25, -0.2) is 0 Å². The number of aliphatic imine (C=N–C) groups is 1. The Morgan fingerprint density at radius 2 is 1.85 bits per heavy atom. The first-order valence-electron chi connectivity index (χ1n) is 8.62. The minimum absolute atomic E-state index is 0.0357. The van der Waals surface area contributed by atoms with Gasteiger partial charge in [-0.15, -0.1) is 0 Å². The van der Waals surface area contributed by atoms with E-state index in [1.807, 2.05) is 25.7 Å². The highest BCUT2D eigenvalue weighted by molar-refractivity contribution is 5.80. The third-order valence-corrected chi connectivity index (χ3v) is 3.94. The van der Waals surface area contributed by atoms with E-state index < -0.39 is 11.7 Å². The number of anilines is 1. The van der Waals surface area contributed by atoms with Crippen LogP contribution in [0.2, 0.25) is 0 Å².